The average Bonchev–Trinajstić information content (AvgIpc) is 2.66. The van der Waals surface area contributed by atoms with Crippen LogP contribution in [0.5, 0.6) is 0 Å². The van der Waals surface area contributed by atoms with Gasteiger partial charge in [0.05, 0.1) is 17.1 Å². The molecule has 0 spiro atoms. The summed E-state index contributed by atoms with van der Waals surface area (Å²) < 4.78 is 33.7. The summed E-state index contributed by atoms with van der Waals surface area (Å²) in [6.45, 7) is 11.2. The number of carbonyl (C=O) groups excluding carboxylic acids is 1. The molecule has 0 aromatic heterocycles. The molecule has 2 aromatic carbocycles. The van der Waals surface area contributed by atoms with Crippen LogP contribution < -0.4 is 4.72 Å². The number of rotatable bonds is 4. The zero-order valence-corrected chi connectivity index (χ0v) is 19.0. The Hall–Kier alpha value is -2.38. The third kappa shape index (κ3) is 5.21. The van der Waals surface area contributed by atoms with E-state index < -0.39 is 10.0 Å². The Balaban J connectivity index is 1.71. The Bertz CT molecular complexity index is 983. The fraction of sp³-hybridized carbons (Fsp3) is 0.435. The van der Waals surface area contributed by atoms with E-state index in [1.807, 2.05) is 26.0 Å². The first-order valence-corrected chi connectivity index (χ1v) is 11.6. The van der Waals surface area contributed by atoms with E-state index in [0.29, 0.717) is 24.3 Å². The Morgan fingerprint density at radius 3 is 2.00 bits per heavy atom. The molecule has 1 aliphatic heterocycles. The van der Waals surface area contributed by atoms with Crippen molar-refractivity contribution in [3.05, 3.63) is 59.7 Å². The number of morpholine rings is 1. The summed E-state index contributed by atoms with van der Waals surface area (Å²) in [5.74, 6) is -0.0795. The van der Waals surface area contributed by atoms with Crippen molar-refractivity contribution in [1.29, 1.82) is 0 Å². The highest BCUT2D eigenvalue weighted by molar-refractivity contribution is 7.92. The predicted octanol–water partition coefficient (Wildman–Crippen LogP) is 4.03. The molecule has 162 valence electrons. The van der Waals surface area contributed by atoms with Gasteiger partial charge in [0, 0.05) is 24.3 Å². The molecule has 1 N–H and O–H groups in total. The number of sulfonamides is 1. The van der Waals surface area contributed by atoms with Crippen LogP contribution in [0.25, 0.3) is 0 Å². The Morgan fingerprint density at radius 2 is 1.50 bits per heavy atom. The van der Waals surface area contributed by atoms with Gasteiger partial charge in [0.1, 0.15) is 0 Å². The summed E-state index contributed by atoms with van der Waals surface area (Å²) in [6, 6.07) is 13.4. The molecule has 1 fully saturated rings. The van der Waals surface area contributed by atoms with Gasteiger partial charge in [-0.15, -0.1) is 0 Å². The number of hydrogen-bond donors (Lipinski definition) is 1. The minimum atomic E-state index is -3.71. The number of amides is 1. The van der Waals surface area contributed by atoms with Crippen molar-refractivity contribution in [1.82, 2.24) is 4.90 Å². The highest BCUT2D eigenvalue weighted by Crippen LogP contribution is 2.24. The molecule has 0 unspecified atom stereocenters. The van der Waals surface area contributed by atoms with Gasteiger partial charge in [-0.2, -0.15) is 0 Å². The Labute approximate surface area is 179 Å². The van der Waals surface area contributed by atoms with Gasteiger partial charge in [0.25, 0.3) is 15.9 Å². The number of nitrogens with one attached hydrogen (secondary N) is 1. The first-order chi connectivity index (χ1) is 14.0. The van der Waals surface area contributed by atoms with Gasteiger partial charge in [-0.1, -0.05) is 32.9 Å². The molecule has 30 heavy (non-hydrogen) atoms. The lowest BCUT2D eigenvalue weighted by atomic mass is 9.87. The molecule has 0 bridgehead atoms. The van der Waals surface area contributed by atoms with Crippen molar-refractivity contribution in [3.8, 4) is 0 Å². The number of carbonyl (C=O) groups is 1. The van der Waals surface area contributed by atoms with Crippen molar-refractivity contribution in [3.63, 3.8) is 0 Å². The third-order valence-electron chi connectivity index (χ3n) is 5.12. The summed E-state index contributed by atoms with van der Waals surface area (Å²) >= 11 is 0. The maximum Gasteiger partial charge on any atom is 0.261 e. The van der Waals surface area contributed by atoms with E-state index in [4.69, 9.17) is 4.74 Å². The molecular weight excluding hydrogens is 400 g/mol. The second kappa shape index (κ2) is 8.40. The zero-order chi connectivity index (χ0) is 22.1. The summed E-state index contributed by atoms with van der Waals surface area (Å²) in [4.78, 5) is 14.7. The molecule has 6 nitrogen and oxygen atoms in total. The van der Waals surface area contributed by atoms with Crippen LogP contribution in [0.15, 0.2) is 53.4 Å². The summed E-state index contributed by atoms with van der Waals surface area (Å²) in [6.07, 6.45) is -0.0121. The molecule has 0 radical (unpaired) electrons. The maximum absolute atomic E-state index is 12.8. The molecule has 2 aromatic rings. The fourth-order valence-corrected chi connectivity index (χ4v) is 4.61. The number of anilines is 1. The molecule has 1 heterocycles. The fourth-order valence-electron chi connectivity index (χ4n) is 3.56. The normalized spacial score (nSPS) is 20.1. The van der Waals surface area contributed by atoms with E-state index in [1.165, 1.54) is 0 Å². The van der Waals surface area contributed by atoms with Crippen LogP contribution in [0.2, 0.25) is 0 Å². The summed E-state index contributed by atoms with van der Waals surface area (Å²) in [5.41, 5.74) is 1.95. The van der Waals surface area contributed by atoms with Crippen LogP contribution in [-0.4, -0.2) is 44.5 Å². The molecule has 7 heteroatoms. The highest BCUT2D eigenvalue weighted by Gasteiger charge is 2.26. The second-order valence-corrected chi connectivity index (χ2v) is 10.6. The van der Waals surface area contributed by atoms with Crippen LogP contribution in [0.4, 0.5) is 5.69 Å². The van der Waals surface area contributed by atoms with E-state index >= 15 is 0 Å². The quantitative estimate of drug-likeness (QED) is 0.794. The van der Waals surface area contributed by atoms with E-state index in [1.54, 1.807) is 41.3 Å². The van der Waals surface area contributed by atoms with Crippen LogP contribution in [0.1, 0.15) is 50.5 Å². The van der Waals surface area contributed by atoms with Gasteiger partial charge in [-0.05, 0) is 61.2 Å². The lowest BCUT2D eigenvalue weighted by Crippen LogP contribution is -2.48. The molecule has 1 aliphatic rings. The van der Waals surface area contributed by atoms with Crippen molar-refractivity contribution in [2.24, 2.45) is 0 Å². The summed E-state index contributed by atoms with van der Waals surface area (Å²) in [5, 5.41) is 0. The van der Waals surface area contributed by atoms with Crippen molar-refractivity contribution >= 4 is 21.6 Å². The Morgan fingerprint density at radius 1 is 0.967 bits per heavy atom. The standard InChI is InChI=1S/C23H30N2O4S/c1-16-14-25(15-17(2)29-16)22(26)18-6-10-20(11-7-18)24-30(27,28)21-12-8-19(9-13-21)23(3,4)5/h6-13,16-17,24H,14-15H2,1-5H3/t16-,17-/m1/s1. The van der Waals surface area contributed by atoms with Crippen LogP contribution in [-0.2, 0) is 20.2 Å². The lowest BCUT2D eigenvalue weighted by molar-refractivity contribution is -0.0586. The first kappa shape index (κ1) is 22.3. The second-order valence-electron chi connectivity index (χ2n) is 8.92. The third-order valence-corrected chi connectivity index (χ3v) is 6.52. The number of nitrogens with zero attached hydrogens (tertiary/aromatic N) is 1. The smallest absolute Gasteiger partial charge is 0.261 e. The van der Waals surface area contributed by atoms with E-state index in [0.717, 1.165) is 5.56 Å². The van der Waals surface area contributed by atoms with Gasteiger partial charge in [-0.25, -0.2) is 8.42 Å². The average molecular weight is 431 g/mol. The summed E-state index contributed by atoms with van der Waals surface area (Å²) in [7, 11) is -3.71. The number of benzene rings is 2. The molecule has 0 saturated carbocycles. The first-order valence-electron chi connectivity index (χ1n) is 10.1. The highest BCUT2D eigenvalue weighted by atomic mass is 32.2. The van der Waals surface area contributed by atoms with Crippen molar-refractivity contribution in [2.45, 2.75) is 57.1 Å². The Kier molecular flexibility index (Phi) is 6.24. The van der Waals surface area contributed by atoms with Gasteiger partial charge >= 0.3 is 0 Å². The molecule has 3 rings (SSSR count). The number of ether oxygens (including phenoxy) is 1. The predicted molar refractivity (Wildman–Crippen MR) is 118 cm³/mol. The van der Waals surface area contributed by atoms with Crippen LogP contribution in [0, 0.1) is 0 Å². The van der Waals surface area contributed by atoms with Gasteiger partial charge < -0.3 is 9.64 Å². The molecule has 2 atom stereocenters. The van der Waals surface area contributed by atoms with E-state index in [-0.39, 0.29) is 28.4 Å². The minimum Gasteiger partial charge on any atom is -0.372 e. The lowest BCUT2D eigenvalue weighted by Gasteiger charge is -2.35. The zero-order valence-electron chi connectivity index (χ0n) is 18.2. The SMILES string of the molecule is C[C@@H]1CN(C(=O)c2ccc(NS(=O)(=O)c3ccc(C(C)(C)C)cc3)cc2)C[C@@H](C)O1. The van der Waals surface area contributed by atoms with Crippen molar-refractivity contribution < 1.29 is 17.9 Å². The number of hydrogen-bond acceptors (Lipinski definition) is 4. The van der Waals surface area contributed by atoms with E-state index in [9.17, 15) is 13.2 Å². The van der Waals surface area contributed by atoms with Crippen LogP contribution in [0.3, 0.4) is 0 Å². The monoisotopic (exact) mass is 430 g/mol. The van der Waals surface area contributed by atoms with Gasteiger partial charge in [-0.3, -0.25) is 9.52 Å². The topological polar surface area (TPSA) is 75.7 Å². The van der Waals surface area contributed by atoms with Gasteiger partial charge in [0.15, 0.2) is 0 Å². The molecule has 0 aliphatic carbocycles. The molecule has 1 amide bonds. The molecule has 1 saturated heterocycles. The maximum atomic E-state index is 12.8. The van der Waals surface area contributed by atoms with E-state index in [2.05, 4.69) is 25.5 Å². The van der Waals surface area contributed by atoms with Crippen molar-refractivity contribution in [2.75, 3.05) is 17.8 Å². The van der Waals surface area contributed by atoms with Crippen LogP contribution >= 0.6 is 0 Å². The molecular formula is C23H30N2O4S. The minimum absolute atomic E-state index is 0.00606. The van der Waals surface area contributed by atoms with Gasteiger partial charge in [0.2, 0.25) is 0 Å². The largest absolute Gasteiger partial charge is 0.372 e.